The van der Waals surface area contributed by atoms with Crippen LogP contribution in [0.5, 0.6) is 0 Å². The molecule has 0 bridgehead atoms. The van der Waals surface area contributed by atoms with Gasteiger partial charge in [0.1, 0.15) is 0 Å². The maximum Gasteiger partial charge on any atom is 0.0534 e. The maximum absolute atomic E-state index is 4.34. The van der Waals surface area contributed by atoms with Crippen molar-refractivity contribution in [3.8, 4) is 5.82 Å². The second-order valence-electron chi connectivity index (χ2n) is 3.48. The Labute approximate surface area is 108 Å². The summed E-state index contributed by atoms with van der Waals surface area (Å²) in [5.74, 6) is 1.94. The van der Waals surface area contributed by atoms with Gasteiger partial charge in [-0.25, -0.2) is 5.10 Å². The molecule has 16 heavy (non-hydrogen) atoms. The standard InChI is InChI=1S/C11H13N4.Ir/c1-3-9(2)11-13-8-15(14-11)10-6-4-5-7-12-10;/h4-7,9H,3H2,1-2H3;/q-1;. The molecular weight excluding hydrogens is 380 g/mol. The van der Waals surface area contributed by atoms with Gasteiger partial charge in [-0.2, -0.15) is 0 Å². The van der Waals surface area contributed by atoms with E-state index in [4.69, 9.17) is 0 Å². The summed E-state index contributed by atoms with van der Waals surface area (Å²) in [7, 11) is 0. The zero-order valence-corrected chi connectivity index (χ0v) is 11.6. The second-order valence-corrected chi connectivity index (χ2v) is 3.48. The monoisotopic (exact) mass is 394 g/mol. The van der Waals surface area contributed by atoms with E-state index in [9.17, 15) is 0 Å². The van der Waals surface area contributed by atoms with Crippen molar-refractivity contribution >= 4 is 0 Å². The summed E-state index contributed by atoms with van der Waals surface area (Å²) in [4.78, 5) is 8.33. The summed E-state index contributed by atoms with van der Waals surface area (Å²) in [6.45, 7) is 4.22. The minimum Gasteiger partial charge on any atom is -0.350 e. The number of rotatable bonds is 3. The summed E-state index contributed by atoms with van der Waals surface area (Å²) in [6, 6.07) is 5.67. The predicted molar refractivity (Wildman–Crippen MR) is 56.7 cm³/mol. The Kier molecular flexibility index (Phi) is 4.77. The fourth-order valence-electron chi connectivity index (χ4n) is 1.22. The Morgan fingerprint density at radius 3 is 2.88 bits per heavy atom. The molecule has 0 aliphatic rings. The van der Waals surface area contributed by atoms with Crippen molar-refractivity contribution in [2.24, 2.45) is 0 Å². The molecule has 0 saturated carbocycles. The molecule has 0 fully saturated rings. The van der Waals surface area contributed by atoms with Crippen molar-refractivity contribution in [3.63, 3.8) is 0 Å². The molecule has 0 aromatic carbocycles. The van der Waals surface area contributed by atoms with Gasteiger partial charge in [0.25, 0.3) is 0 Å². The van der Waals surface area contributed by atoms with Crippen molar-refractivity contribution in [2.45, 2.75) is 26.2 Å². The first-order valence-electron chi connectivity index (χ1n) is 5.07. The first-order chi connectivity index (χ1) is 7.31. The number of nitrogens with zero attached hydrogens (tertiary/aromatic N) is 4. The van der Waals surface area contributed by atoms with Gasteiger partial charge in [0.05, 0.1) is 11.6 Å². The third kappa shape index (κ3) is 2.74. The third-order valence-corrected chi connectivity index (χ3v) is 2.38. The predicted octanol–water partition coefficient (Wildman–Crippen LogP) is 1.97. The van der Waals surface area contributed by atoms with Crippen LogP contribution in [0.1, 0.15) is 32.0 Å². The molecule has 5 heteroatoms. The van der Waals surface area contributed by atoms with E-state index in [0.717, 1.165) is 18.1 Å². The van der Waals surface area contributed by atoms with E-state index in [1.54, 1.807) is 10.9 Å². The van der Waals surface area contributed by atoms with Gasteiger partial charge in [-0.15, -0.1) is 0 Å². The van der Waals surface area contributed by atoms with Crippen LogP contribution in [0, 0.1) is 6.33 Å². The average molecular weight is 393 g/mol. The Balaban J connectivity index is 0.00000128. The van der Waals surface area contributed by atoms with Crippen LogP contribution in [0.4, 0.5) is 0 Å². The minimum absolute atomic E-state index is 0. The van der Waals surface area contributed by atoms with E-state index in [2.05, 4.69) is 35.2 Å². The van der Waals surface area contributed by atoms with Crippen LogP contribution in [0.3, 0.4) is 0 Å². The zero-order chi connectivity index (χ0) is 10.7. The molecule has 0 spiro atoms. The smallest absolute Gasteiger partial charge is 0.0534 e. The molecule has 0 amide bonds. The molecular formula is C11H13IrN4-. The average Bonchev–Trinajstić information content (AvgIpc) is 2.78. The van der Waals surface area contributed by atoms with Crippen LogP contribution >= 0.6 is 0 Å². The van der Waals surface area contributed by atoms with E-state index < -0.39 is 0 Å². The number of aromatic nitrogens is 4. The quantitative estimate of drug-likeness (QED) is 0.749. The van der Waals surface area contributed by atoms with Crippen LogP contribution in [0.15, 0.2) is 24.4 Å². The van der Waals surface area contributed by atoms with E-state index in [0.29, 0.717) is 5.92 Å². The Hall–Kier alpha value is -1.06. The van der Waals surface area contributed by atoms with Crippen LogP contribution in [-0.2, 0) is 20.1 Å². The van der Waals surface area contributed by atoms with E-state index in [1.165, 1.54) is 0 Å². The molecule has 1 radical (unpaired) electrons. The first-order valence-corrected chi connectivity index (χ1v) is 5.07. The number of pyridine rings is 1. The maximum atomic E-state index is 4.34. The van der Waals surface area contributed by atoms with Crippen LogP contribution in [-0.4, -0.2) is 19.7 Å². The molecule has 0 N–H and O–H groups in total. The molecule has 2 aromatic rings. The van der Waals surface area contributed by atoms with Gasteiger partial charge in [-0.05, 0) is 12.0 Å². The SMILES string of the molecule is CCC(C)c1n[c-]n(-c2ccccn2)n1.[Ir]. The molecule has 1 atom stereocenters. The van der Waals surface area contributed by atoms with E-state index in [-0.39, 0.29) is 20.1 Å². The van der Waals surface area contributed by atoms with Crippen LogP contribution in [0.25, 0.3) is 5.82 Å². The largest absolute Gasteiger partial charge is 0.350 e. The van der Waals surface area contributed by atoms with Gasteiger partial charge in [0.2, 0.25) is 0 Å². The Morgan fingerprint density at radius 2 is 2.25 bits per heavy atom. The van der Waals surface area contributed by atoms with Gasteiger partial charge in [0.15, 0.2) is 0 Å². The third-order valence-electron chi connectivity index (χ3n) is 2.38. The summed E-state index contributed by atoms with van der Waals surface area (Å²) in [6.07, 6.45) is 5.59. The van der Waals surface area contributed by atoms with Crippen molar-refractivity contribution in [3.05, 3.63) is 36.5 Å². The van der Waals surface area contributed by atoms with Crippen molar-refractivity contribution in [1.29, 1.82) is 0 Å². The molecule has 1 unspecified atom stereocenters. The number of hydrogen-bond donors (Lipinski definition) is 0. The molecule has 0 saturated heterocycles. The molecule has 2 heterocycles. The van der Waals surface area contributed by atoms with Gasteiger partial charge in [-0.3, -0.25) is 0 Å². The Bertz CT molecular complexity index is 427. The topological polar surface area (TPSA) is 43.6 Å². The summed E-state index contributed by atoms with van der Waals surface area (Å²) >= 11 is 0. The molecule has 2 rings (SSSR count). The fourth-order valence-corrected chi connectivity index (χ4v) is 1.22. The summed E-state index contributed by atoms with van der Waals surface area (Å²) in [5, 5.41) is 4.34. The van der Waals surface area contributed by atoms with Crippen molar-refractivity contribution in [1.82, 2.24) is 19.7 Å². The summed E-state index contributed by atoms with van der Waals surface area (Å²) in [5.41, 5.74) is 0. The van der Waals surface area contributed by atoms with Crippen LogP contribution < -0.4 is 0 Å². The van der Waals surface area contributed by atoms with Gasteiger partial charge >= 0.3 is 0 Å². The zero-order valence-electron chi connectivity index (χ0n) is 9.22. The van der Waals surface area contributed by atoms with Gasteiger partial charge < -0.3 is 14.6 Å². The Morgan fingerprint density at radius 1 is 1.44 bits per heavy atom. The fraction of sp³-hybridized carbons (Fsp3) is 0.364. The van der Waals surface area contributed by atoms with E-state index in [1.807, 2.05) is 18.2 Å². The van der Waals surface area contributed by atoms with Gasteiger partial charge in [0, 0.05) is 32.6 Å². The van der Waals surface area contributed by atoms with E-state index >= 15 is 0 Å². The molecule has 2 aromatic heterocycles. The summed E-state index contributed by atoms with van der Waals surface area (Å²) < 4.78 is 1.58. The molecule has 0 aliphatic carbocycles. The molecule has 4 nitrogen and oxygen atoms in total. The molecule has 0 aliphatic heterocycles. The van der Waals surface area contributed by atoms with Crippen molar-refractivity contribution in [2.75, 3.05) is 0 Å². The van der Waals surface area contributed by atoms with Crippen molar-refractivity contribution < 1.29 is 20.1 Å². The first kappa shape index (κ1) is 13.0. The normalized spacial score (nSPS) is 11.9. The molecule has 87 valence electrons. The number of hydrogen-bond acceptors (Lipinski definition) is 3. The van der Waals surface area contributed by atoms with Gasteiger partial charge in [-0.1, -0.05) is 32.4 Å². The minimum atomic E-state index is 0. The second kappa shape index (κ2) is 5.87. The van der Waals surface area contributed by atoms with Crippen LogP contribution in [0.2, 0.25) is 0 Å².